The third-order valence-electron chi connectivity index (χ3n) is 9.65. The topological polar surface area (TPSA) is 284 Å². The number of phenols is 2. The number of halogens is 1. The number of nitrogens with one attached hydrogen (secondary N) is 1. The van der Waals surface area contributed by atoms with Crippen molar-refractivity contribution in [3.63, 3.8) is 0 Å². The van der Waals surface area contributed by atoms with Gasteiger partial charge in [0.05, 0.1) is 36.0 Å². The van der Waals surface area contributed by atoms with Crippen molar-refractivity contribution in [1.82, 2.24) is 19.8 Å². The number of amides is 2. The van der Waals surface area contributed by atoms with Crippen molar-refractivity contribution in [2.75, 3.05) is 31.1 Å². The summed E-state index contributed by atoms with van der Waals surface area (Å²) < 4.78 is 16.3. The van der Waals surface area contributed by atoms with Crippen molar-refractivity contribution in [2.45, 2.75) is 56.8 Å². The van der Waals surface area contributed by atoms with Crippen molar-refractivity contribution in [1.29, 1.82) is 0 Å². The summed E-state index contributed by atoms with van der Waals surface area (Å²) in [5, 5.41) is 55.6. The van der Waals surface area contributed by atoms with Crippen LogP contribution in [0, 0.1) is 5.82 Å². The molecule has 0 bridgehead atoms. The zero-order chi connectivity index (χ0) is 39.9. The van der Waals surface area contributed by atoms with E-state index in [1.807, 2.05) is 0 Å². The third-order valence-corrected chi connectivity index (χ3v) is 11.7. The number of carbonyl (C=O) groups is 5. The number of oxime groups is 1. The quantitative estimate of drug-likeness (QED) is 0.0227. The SMILES string of the molecule is CCn1cc(C[N+]2(CC3=C(C(=O)O)N4C(=O)[C@@H](NC(=O)/C(=N\O[C@@H](CC(=O)O)C(=O)O)c5csc(N)n5)[C@H]4SC3)CCCC2)c(=O)c2cc(F)c(O)c(O)c21.[Na+]. The molecule has 2 fully saturated rings. The van der Waals surface area contributed by atoms with Crippen molar-refractivity contribution in [3.8, 4) is 11.5 Å². The second kappa shape index (κ2) is 16.8. The second-order valence-electron chi connectivity index (χ2n) is 13.2. The Hall–Kier alpha value is -4.74. The summed E-state index contributed by atoms with van der Waals surface area (Å²) in [6.45, 7) is 3.44. The molecule has 8 N–H and O–H groups in total. The first-order valence-corrected chi connectivity index (χ1v) is 18.7. The van der Waals surface area contributed by atoms with E-state index in [4.69, 9.17) is 15.7 Å². The summed E-state index contributed by atoms with van der Waals surface area (Å²) in [5.41, 5.74) is 4.83. The maximum absolute atomic E-state index is 14.5. The van der Waals surface area contributed by atoms with Crippen LogP contribution in [-0.4, -0.2) is 123 Å². The molecule has 0 unspecified atom stereocenters. The molecular formula is C33H35FN7NaO12S2+2. The molecule has 2 aromatic heterocycles. The Balaban J connectivity index is 0.00000600. The number of aromatic nitrogens is 2. The van der Waals surface area contributed by atoms with Crippen molar-refractivity contribution < 1.29 is 92.8 Å². The van der Waals surface area contributed by atoms with Crippen LogP contribution in [0.1, 0.15) is 37.4 Å². The van der Waals surface area contributed by atoms with E-state index in [0.717, 1.165) is 35.1 Å². The second-order valence-corrected chi connectivity index (χ2v) is 15.2. The van der Waals surface area contributed by atoms with E-state index in [-0.39, 0.29) is 86.9 Å². The van der Waals surface area contributed by atoms with E-state index in [1.54, 1.807) is 13.1 Å². The van der Waals surface area contributed by atoms with Crippen LogP contribution in [0.15, 0.2) is 38.9 Å². The smallest absolute Gasteiger partial charge is 0.503 e. The molecule has 6 rings (SSSR count). The number of pyridine rings is 1. The number of anilines is 1. The number of thiazole rings is 1. The molecule has 1 aromatic carbocycles. The minimum Gasteiger partial charge on any atom is -0.503 e. The van der Waals surface area contributed by atoms with Crippen LogP contribution in [0.2, 0.25) is 0 Å². The summed E-state index contributed by atoms with van der Waals surface area (Å²) in [5.74, 6) is -9.10. The number of fused-ring (bicyclic) bond motifs is 2. The fourth-order valence-corrected chi connectivity index (χ4v) is 9.01. The minimum absolute atomic E-state index is 0. The number of rotatable bonds is 14. The molecule has 56 heavy (non-hydrogen) atoms. The van der Waals surface area contributed by atoms with Gasteiger partial charge in [-0.3, -0.25) is 24.1 Å². The molecule has 2 amide bonds. The summed E-state index contributed by atoms with van der Waals surface area (Å²) in [6, 6.07) is -0.370. The molecule has 2 saturated heterocycles. The number of carboxylic acids is 3. The fraction of sp³-hybridized carbons (Fsp3) is 0.394. The molecule has 3 aliphatic rings. The minimum atomic E-state index is -1.96. The van der Waals surface area contributed by atoms with Gasteiger partial charge in [-0.15, -0.1) is 23.1 Å². The van der Waals surface area contributed by atoms with Gasteiger partial charge >= 0.3 is 47.5 Å². The number of aromatic hydroxyl groups is 2. The predicted molar refractivity (Wildman–Crippen MR) is 192 cm³/mol. The standard InChI is InChI=1S/C33H34FN7O12S2.Na/c1-2-39-9-14(25(44)16-7-17(34)26(45)27(46)24(16)39)10-41(5-3-4-6-41)11-15-12-54-30-22(29(48)40(30)23(15)32(51)52)37-28(47)21(18-13-55-33(35)36-18)38-53-19(31(49)50)8-20(42)43;/h7,9,13,19,22,30H,2-6,8,10-12H2,1H3,(H7-,35,36,37,38,42,43,44,45,46,47,49,50,51,52);/q;+1/p+1/t19-,22+,30+;/m0./s1. The monoisotopic (exact) mass is 827 g/mol. The zero-order valence-corrected chi connectivity index (χ0v) is 33.6. The maximum atomic E-state index is 14.5. The van der Waals surface area contributed by atoms with Gasteiger partial charge in [-0.1, -0.05) is 5.16 Å². The first kappa shape index (κ1) is 42.4. The Morgan fingerprint density at radius 1 is 1.14 bits per heavy atom. The van der Waals surface area contributed by atoms with Gasteiger partial charge in [0.15, 0.2) is 33.6 Å². The van der Waals surface area contributed by atoms with Crippen molar-refractivity contribution in [3.05, 3.63) is 56.2 Å². The number of aryl methyl sites for hydroxylation is 1. The molecule has 3 atom stereocenters. The number of benzene rings is 1. The van der Waals surface area contributed by atoms with Gasteiger partial charge in [0.1, 0.15) is 35.9 Å². The molecule has 5 heterocycles. The molecule has 0 radical (unpaired) electrons. The van der Waals surface area contributed by atoms with E-state index in [9.17, 15) is 53.6 Å². The Morgan fingerprint density at radius 3 is 2.43 bits per heavy atom. The van der Waals surface area contributed by atoms with Gasteiger partial charge in [-0.2, -0.15) is 0 Å². The third kappa shape index (κ3) is 8.07. The predicted octanol–water partition coefficient (Wildman–Crippen LogP) is -2.19. The average molecular weight is 828 g/mol. The molecule has 0 saturated carbocycles. The number of hydrogen-bond donors (Lipinski definition) is 7. The Bertz CT molecular complexity index is 2260. The molecule has 3 aromatic rings. The number of phenolic OH excluding ortho intramolecular Hbond substituents is 2. The van der Waals surface area contributed by atoms with Crippen LogP contribution in [0.3, 0.4) is 0 Å². The van der Waals surface area contributed by atoms with Gasteiger partial charge < -0.3 is 50.5 Å². The maximum Gasteiger partial charge on any atom is 1.00 e. The molecule has 0 spiro atoms. The van der Waals surface area contributed by atoms with Crippen LogP contribution in [0.4, 0.5) is 9.52 Å². The number of nitrogen functional groups attached to an aromatic ring is 1. The number of likely N-dealkylation sites (tertiary alicyclic amines) is 1. The van der Waals surface area contributed by atoms with Gasteiger partial charge in [0, 0.05) is 42.3 Å². The van der Waals surface area contributed by atoms with E-state index in [1.165, 1.54) is 21.7 Å². The Kier molecular flexibility index (Phi) is 12.7. The first-order chi connectivity index (χ1) is 26.1. The van der Waals surface area contributed by atoms with E-state index >= 15 is 0 Å². The van der Waals surface area contributed by atoms with Crippen LogP contribution < -0.4 is 46.0 Å². The van der Waals surface area contributed by atoms with Crippen LogP contribution in [0.5, 0.6) is 11.5 Å². The molecule has 0 aliphatic carbocycles. The van der Waals surface area contributed by atoms with Gasteiger partial charge in [-0.25, -0.2) is 19.0 Å². The van der Waals surface area contributed by atoms with E-state index in [0.29, 0.717) is 24.2 Å². The number of quaternary nitrogens is 1. The van der Waals surface area contributed by atoms with Gasteiger partial charge in [-0.05, 0) is 13.0 Å². The summed E-state index contributed by atoms with van der Waals surface area (Å²) >= 11 is 2.11. The molecule has 3 aliphatic heterocycles. The summed E-state index contributed by atoms with van der Waals surface area (Å²) in [4.78, 5) is 86.1. The number of nitrogens with two attached hydrogens (primary N) is 1. The zero-order valence-electron chi connectivity index (χ0n) is 29.9. The number of hydrogen-bond acceptors (Lipinski definition) is 14. The van der Waals surface area contributed by atoms with Crippen LogP contribution in [0.25, 0.3) is 10.9 Å². The molecule has 292 valence electrons. The van der Waals surface area contributed by atoms with Crippen molar-refractivity contribution in [2.24, 2.45) is 5.16 Å². The molecule has 23 heteroatoms. The van der Waals surface area contributed by atoms with Gasteiger partial charge in [0.25, 0.3) is 11.8 Å². The number of nitrogens with zero attached hydrogens (tertiary/aromatic N) is 5. The number of aliphatic carboxylic acids is 3. The number of thioether (sulfide) groups is 1. The number of β-lactam (4-membered cyclic amide) rings is 1. The summed E-state index contributed by atoms with van der Waals surface area (Å²) in [6.07, 6.45) is 0.129. The largest absolute Gasteiger partial charge is 1.00 e. The van der Waals surface area contributed by atoms with Crippen LogP contribution >= 0.6 is 23.1 Å². The van der Waals surface area contributed by atoms with E-state index < -0.39 is 82.1 Å². The Morgan fingerprint density at radius 2 is 1.84 bits per heavy atom. The number of carboxylic acid groups (broad SMARTS) is 3. The normalized spacial score (nSPS) is 19.5. The summed E-state index contributed by atoms with van der Waals surface area (Å²) in [7, 11) is 0. The van der Waals surface area contributed by atoms with Crippen LogP contribution in [-0.2, 0) is 41.9 Å². The molecule has 19 nitrogen and oxygen atoms in total. The Labute approximate surface area is 346 Å². The fourth-order valence-electron chi connectivity index (χ4n) is 7.13. The average Bonchev–Trinajstić information content (AvgIpc) is 3.78. The number of carbonyl (C=O) groups excluding carboxylic acids is 2. The van der Waals surface area contributed by atoms with Gasteiger partial charge in [0.2, 0.25) is 6.10 Å². The first-order valence-electron chi connectivity index (χ1n) is 16.8. The van der Waals surface area contributed by atoms with Crippen molar-refractivity contribution >= 4 is 74.6 Å². The molecular weight excluding hydrogens is 793 g/mol. The van der Waals surface area contributed by atoms with E-state index in [2.05, 4.69) is 15.5 Å².